The summed E-state index contributed by atoms with van der Waals surface area (Å²) in [5.74, 6) is 0. The molecule has 1 atom stereocenters. The van der Waals surface area contributed by atoms with Gasteiger partial charge in [0.05, 0.1) is 12.8 Å². The largest absolute Gasteiger partial charge is 0.380 e. The molecule has 1 aromatic rings. The molecule has 0 spiro atoms. The van der Waals surface area contributed by atoms with E-state index >= 15 is 0 Å². The van der Waals surface area contributed by atoms with Crippen molar-refractivity contribution < 1.29 is 4.74 Å². The maximum atomic E-state index is 5.61. The lowest BCUT2D eigenvalue weighted by atomic mass is 10.1. The number of rotatable bonds is 9. The molecule has 1 N–H and O–H groups in total. The van der Waals surface area contributed by atoms with Crippen LogP contribution < -0.4 is 5.32 Å². The highest BCUT2D eigenvalue weighted by Gasteiger charge is 2.09. The summed E-state index contributed by atoms with van der Waals surface area (Å²) in [5, 5.41) is 7.75. The van der Waals surface area contributed by atoms with Crippen LogP contribution in [0.25, 0.3) is 0 Å². The highest BCUT2D eigenvalue weighted by Crippen LogP contribution is 2.03. The van der Waals surface area contributed by atoms with Crippen molar-refractivity contribution in [1.29, 1.82) is 0 Å². The van der Waals surface area contributed by atoms with Crippen molar-refractivity contribution >= 4 is 0 Å². The van der Waals surface area contributed by atoms with Crippen LogP contribution in [0, 0.1) is 0 Å². The number of hydrogen-bond donors (Lipinski definition) is 1. The molecule has 0 aromatic carbocycles. The minimum absolute atomic E-state index is 0.390. The Hall–Kier alpha value is -0.870. The third kappa shape index (κ3) is 5.33. The lowest BCUT2D eigenvalue weighted by Gasteiger charge is -2.17. The fraction of sp³-hybridized carbons (Fsp3) is 0.769. The van der Waals surface area contributed by atoms with Gasteiger partial charge in [0.15, 0.2) is 0 Å². The Morgan fingerprint density at radius 1 is 1.41 bits per heavy atom. The molecule has 0 amide bonds. The summed E-state index contributed by atoms with van der Waals surface area (Å²) < 4.78 is 7.58. The van der Waals surface area contributed by atoms with Gasteiger partial charge in [-0.25, -0.2) is 0 Å². The van der Waals surface area contributed by atoms with Gasteiger partial charge in [0.25, 0.3) is 0 Å². The second-order valence-electron chi connectivity index (χ2n) is 4.24. The molecule has 0 aliphatic heterocycles. The zero-order valence-corrected chi connectivity index (χ0v) is 11.3. The fourth-order valence-electron chi connectivity index (χ4n) is 1.82. The van der Waals surface area contributed by atoms with Gasteiger partial charge in [0, 0.05) is 25.4 Å². The Balaban J connectivity index is 2.41. The molecule has 98 valence electrons. The van der Waals surface area contributed by atoms with Crippen LogP contribution in [0.1, 0.15) is 32.8 Å². The van der Waals surface area contributed by atoms with E-state index < -0.39 is 0 Å². The second-order valence-corrected chi connectivity index (χ2v) is 4.24. The summed E-state index contributed by atoms with van der Waals surface area (Å²) in [6, 6.07) is 0.390. The van der Waals surface area contributed by atoms with Gasteiger partial charge >= 0.3 is 0 Å². The summed E-state index contributed by atoms with van der Waals surface area (Å²) in [6.07, 6.45) is 6.13. The van der Waals surface area contributed by atoms with Crippen LogP contribution in [-0.2, 0) is 17.7 Å². The SMILES string of the molecule is CCCOCC(Cc1cnn(CC)c1)NCC. The molecule has 0 bridgehead atoms. The van der Waals surface area contributed by atoms with Crippen molar-refractivity contribution in [3.63, 3.8) is 0 Å². The molecule has 1 heterocycles. The molecule has 0 aliphatic rings. The average molecular weight is 239 g/mol. The fourth-order valence-corrected chi connectivity index (χ4v) is 1.82. The first-order valence-electron chi connectivity index (χ1n) is 6.62. The van der Waals surface area contributed by atoms with E-state index in [1.54, 1.807) is 0 Å². The lowest BCUT2D eigenvalue weighted by Crippen LogP contribution is -2.35. The van der Waals surface area contributed by atoms with Crippen molar-refractivity contribution in [1.82, 2.24) is 15.1 Å². The zero-order chi connectivity index (χ0) is 12.5. The van der Waals surface area contributed by atoms with E-state index in [1.165, 1.54) is 5.56 Å². The van der Waals surface area contributed by atoms with E-state index in [1.807, 2.05) is 10.9 Å². The van der Waals surface area contributed by atoms with Gasteiger partial charge < -0.3 is 10.1 Å². The monoisotopic (exact) mass is 239 g/mol. The molecule has 1 unspecified atom stereocenters. The summed E-state index contributed by atoms with van der Waals surface area (Å²) in [6.45, 7) is 9.88. The van der Waals surface area contributed by atoms with Gasteiger partial charge in [-0.3, -0.25) is 4.68 Å². The first-order valence-corrected chi connectivity index (χ1v) is 6.62. The molecule has 4 heteroatoms. The van der Waals surface area contributed by atoms with Gasteiger partial charge in [-0.05, 0) is 31.9 Å². The van der Waals surface area contributed by atoms with Crippen LogP contribution in [0.15, 0.2) is 12.4 Å². The highest BCUT2D eigenvalue weighted by molar-refractivity contribution is 5.06. The molecule has 0 saturated carbocycles. The van der Waals surface area contributed by atoms with E-state index in [4.69, 9.17) is 4.74 Å². The normalized spacial score (nSPS) is 12.9. The summed E-state index contributed by atoms with van der Waals surface area (Å²) in [5.41, 5.74) is 1.28. The Labute approximate surface area is 104 Å². The number of hydrogen-bond acceptors (Lipinski definition) is 3. The Bertz CT molecular complexity index is 299. The zero-order valence-electron chi connectivity index (χ0n) is 11.3. The number of ether oxygens (including phenoxy) is 1. The standard InChI is InChI=1S/C13H25N3O/c1-4-7-17-11-13(14-5-2)8-12-9-15-16(6-3)10-12/h9-10,13-14H,4-8,11H2,1-3H3. The number of nitrogens with one attached hydrogen (secondary N) is 1. The first kappa shape index (κ1) is 14.2. The van der Waals surface area contributed by atoms with Gasteiger partial charge in [0.2, 0.25) is 0 Å². The van der Waals surface area contributed by atoms with Gasteiger partial charge in [-0.1, -0.05) is 13.8 Å². The van der Waals surface area contributed by atoms with Crippen molar-refractivity contribution in [3.05, 3.63) is 18.0 Å². The molecule has 0 aliphatic carbocycles. The Morgan fingerprint density at radius 3 is 2.82 bits per heavy atom. The predicted molar refractivity (Wildman–Crippen MR) is 70.2 cm³/mol. The highest BCUT2D eigenvalue weighted by atomic mass is 16.5. The van der Waals surface area contributed by atoms with Crippen molar-refractivity contribution in [2.45, 2.75) is 46.2 Å². The molecule has 0 fully saturated rings. The van der Waals surface area contributed by atoms with Gasteiger partial charge in [-0.15, -0.1) is 0 Å². The van der Waals surface area contributed by atoms with E-state index in [0.29, 0.717) is 6.04 Å². The number of likely N-dealkylation sites (N-methyl/N-ethyl adjacent to an activating group) is 1. The van der Waals surface area contributed by atoms with Crippen molar-refractivity contribution in [3.8, 4) is 0 Å². The molecule has 0 radical (unpaired) electrons. The molecule has 4 nitrogen and oxygen atoms in total. The average Bonchev–Trinajstić information content (AvgIpc) is 2.77. The topological polar surface area (TPSA) is 39.1 Å². The minimum atomic E-state index is 0.390. The molecule has 1 aromatic heterocycles. The molecule has 0 saturated heterocycles. The van der Waals surface area contributed by atoms with Crippen LogP contribution in [-0.4, -0.2) is 35.6 Å². The van der Waals surface area contributed by atoms with E-state index in [0.717, 1.165) is 39.1 Å². The number of nitrogens with zero attached hydrogens (tertiary/aromatic N) is 2. The van der Waals surface area contributed by atoms with E-state index in [-0.39, 0.29) is 0 Å². The van der Waals surface area contributed by atoms with Crippen LogP contribution in [0.4, 0.5) is 0 Å². The molecule has 17 heavy (non-hydrogen) atoms. The maximum absolute atomic E-state index is 5.61. The minimum Gasteiger partial charge on any atom is -0.380 e. The van der Waals surface area contributed by atoms with E-state index in [9.17, 15) is 0 Å². The molecular formula is C13H25N3O. The first-order chi connectivity index (χ1) is 8.30. The van der Waals surface area contributed by atoms with Crippen LogP contribution in [0.2, 0.25) is 0 Å². The molecular weight excluding hydrogens is 214 g/mol. The van der Waals surface area contributed by atoms with Gasteiger partial charge in [-0.2, -0.15) is 5.10 Å². The molecule has 1 rings (SSSR count). The van der Waals surface area contributed by atoms with Crippen molar-refractivity contribution in [2.75, 3.05) is 19.8 Å². The van der Waals surface area contributed by atoms with Crippen molar-refractivity contribution in [2.24, 2.45) is 0 Å². The summed E-state index contributed by atoms with van der Waals surface area (Å²) >= 11 is 0. The maximum Gasteiger partial charge on any atom is 0.0622 e. The van der Waals surface area contributed by atoms with E-state index in [2.05, 4.69) is 37.4 Å². The third-order valence-electron chi connectivity index (χ3n) is 2.65. The van der Waals surface area contributed by atoms with Crippen LogP contribution in [0.3, 0.4) is 0 Å². The second kappa shape index (κ2) is 8.25. The third-order valence-corrected chi connectivity index (χ3v) is 2.65. The predicted octanol–water partition coefficient (Wildman–Crippen LogP) is 1.85. The van der Waals surface area contributed by atoms with Crippen LogP contribution >= 0.6 is 0 Å². The quantitative estimate of drug-likeness (QED) is 0.668. The Kier molecular flexibility index (Phi) is 6.89. The van der Waals surface area contributed by atoms with Gasteiger partial charge in [0.1, 0.15) is 0 Å². The number of aromatic nitrogens is 2. The smallest absolute Gasteiger partial charge is 0.0622 e. The van der Waals surface area contributed by atoms with Crippen LogP contribution in [0.5, 0.6) is 0 Å². The lowest BCUT2D eigenvalue weighted by molar-refractivity contribution is 0.112. The Morgan fingerprint density at radius 2 is 2.24 bits per heavy atom. The summed E-state index contributed by atoms with van der Waals surface area (Å²) in [4.78, 5) is 0. The summed E-state index contributed by atoms with van der Waals surface area (Å²) in [7, 11) is 0. The number of aryl methyl sites for hydroxylation is 1.